The molecule has 2 rings (SSSR count). The first-order chi connectivity index (χ1) is 6.20. The quantitative estimate of drug-likeness (QED) is 0.671. The Labute approximate surface area is 80.0 Å². The largest absolute Gasteiger partial charge is 0.379 e. The van der Waals surface area contributed by atoms with Gasteiger partial charge in [-0.05, 0) is 25.2 Å². The fraction of sp³-hybridized carbons (Fsp3) is 1.00. The topological polar surface area (TPSA) is 47.3 Å². The van der Waals surface area contributed by atoms with Crippen LogP contribution in [0.4, 0.5) is 0 Å². The lowest BCUT2D eigenvalue weighted by Gasteiger charge is -2.37. The van der Waals surface area contributed by atoms with Gasteiger partial charge in [0, 0.05) is 19.2 Å². The molecule has 0 bridgehead atoms. The molecular formula is C10H20N2O. The third kappa shape index (κ3) is 2.03. The van der Waals surface area contributed by atoms with Crippen molar-refractivity contribution < 1.29 is 4.74 Å². The highest BCUT2D eigenvalue weighted by Gasteiger charge is 2.33. The highest BCUT2D eigenvalue weighted by molar-refractivity contribution is 4.93. The maximum atomic E-state index is 6.14. The highest BCUT2D eigenvalue weighted by Crippen LogP contribution is 2.27. The summed E-state index contributed by atoms with van der Waals surface area (Å²) in [5, 5.41) is 3.55. The summed E-state index contributed by atoms with van der Waals surface area (Å²) >= 11 is 0. The van der Waals surface area contributed by atoms with E-state index in [4.69, 9.17) is 10.5 Å². The fourth-order valence-corrected chi connectivity index (χ4v) is 2.07. The Kier molecular flexibility index (Phi) is 2.58. The van der Waals surface area contributed by atoms with E-state index in [1.807, 2.05) is 0 Å². The molecule has 0 amide bonds. The molecule has 0 spiro atoms. The number of ether oxygens (including phenoxy) is 1. The van der Waals surface area contributed by atoms with Crippen molar-refractivity contribution in [2.75, 3.05) is 19.8 Å². The molecular weight excluding hydrogens is 164 g/mol. The number of hydrogen-bond acceptors (Lipinski definition) is 3. The number of nitrogens with two attached hydrogens (primary N) is 1. The van der Waals surface area contributed by atoms with E-state index < -0.39 is 0 Å². The van der Waals surface area contributed by atoms with Crippen LogP contribution in [0.25, 0.3) is 0 Å². The Morgan fingerprint density at radius 3 is 2.85 bits per heavy atom. The highest BCUT2D eigenvalue weighted by atomic mass is 16.5. The molecule has 0 aromatic rings. The Bertz CT molecular complexity index is 178. The van der Waals surface area contributed by atoms with E-state index in [-0.39, 0.29) is 5.54 Å². The van der Waals surface area contributed by atoms with Crippen LogP contribution < -0.4 is 11.1 Å². The lowest BCUT2D eigenvalue weighted by molar-refractivity contribution is 0.167. The molecule has 1 aliphatic heterocycles. The predicted molar refractivity (Wildman–Crippen MR) is 52.5 cm³/mol. The Hall–Kier alpha value is -0.120. The summed E-state index contributed by atoms with van der Waals surface area (Å²) in [7, 11) is 0. The third-order valence-electron chi connectivity index (χ3n) is 3.47. The third-order valence-corrected chi connectivity index (χ3v) is 3.47. The fourth-order valence-electron chi connectivity index (χ4n) is 2.07. The zero-order chi connectivity index (χ0) is 9.31. The van der Waals surface area contributed by atoms with E-state index in [9.17, 15) is 0 Å². The molecule has 2 fully saturated rings. The zero-order valence-corrected chi connectivity index (χ0v) is 8.38. The van der Waals surface area contributed by atoms with Gasteiger partial charge in [0.2, 0.25) is 0 Å². The molecule has 3 heteroatoms. The molecule has 13 heavy (non-hydrogen) atoms. The molecule has 3 nitrogen and oxygen atoms in total. The standard InChI is InChI=1S/C10H20N2O/c1-8-2-3-9(8)12-6-10(11)4-5-13-7-10/h8-9,12H,2-7,11H2,1H3. The Morgan fingerprint density at radius 2 is 2.38 bits per heavy atom. The van der Waals surface area contributed by atoms with E-state index in [1.165, 1.54) is 12.8 Å². The van der Waals surface area contributed by atoms with Gasteiger partial charge in [0.15, 0.2) is 0 Å². The van der Waals surface area contributed by atoms with Gasteiger partial charge >= 0.3 is 0 Å². The van der Waals surface area contributed by atoms with Crippen molar-refractivity contribution in [3.63, 3.8) is 0 Å². The minimum Gasteiger partial charge on any atom is -0.379 e. The van der Waals surface area contributed by atoms with Gasteiger partial charge in [-0.1, -0.05) is 6.92 Å². The van der Waals surface area contributed by atoms with Crippen LogP contribution in [0.5, 0.6) is 0 Å². The summed E-state index contributed by atoms with van der Waals surface area (Å²) in [6.07, 6.45) is 3.69. The monoisotopic (exact) mass is 184 g/mol. The minimum atomic E-state index is -0.0880. The van der Waals surface area contributed by atoms with Crippen LogP contribution in [-0.4, -0.2) is 31.3 Å². The van der Waals surface area contributed by atoms with Crippen LogP contribution in [0.1, 0.15) is 26.2 Å². The van der Waals surface area contributed by atoms with Gasteiger partial charge in [0.05, 0.1) is 12.1 Å². The van der Waals surface area contributed by atoms with Crippen LogP contribution in [0.15, 0.2) is 0 Å². The molecule has 2 aliphatic rings. The van der Waals surface area contributed by atoms with E-state index in [0.717, 1.165) is 32.1 Å². The first kappa shape index (κ1) is 9.44. The second-order valence-corrected chi connectivity index (χ2v) is 4.71. The average molecular weight is 184 g/mol. The Balaban J connectivity index is 1.72. The van der Waals surface area contributed by atoms with Crippen molar-refractivity contribution in [2.45, 2.75) is 37.8 Å². The van der Waals surface area contributed by atoms with Gasteiger partial charge in [0.1, 0.15) is 0 Å². The van der Waals surface area contributed by atoms with Crippen molar-refractivity contribution >= 4 is 0 Å². The normalized spacial score (nSPS) is 44.8. The van der Waals surface area contributed by atoms with E-state index in [2.05, 4.69) is 12.2 Å². The molecule has 0 aromatic carbocycles. The van der Waals surface area contributed by atoms with Crippen LogP contribution in [-0.2, 0) is 4.74 Å². The van der Waals surface area contributed by atoms with Gasteiger partial charge < -0.3 is 15.8 Å². The molecule has 76 valence electrons. The van der Waals surface area contributed by atoms with E-state index in [0.29, 0.717) is 6.04 Å². The second kappa shape index (κ2) is 3.56. The van der Waals surface area contributed by atoms with Gasteiger partial charge in [-0.3, -0.25) is 0 Å². The first-order valence-electron chi connectivity index (χ1n) is 5.30. The second-order valence-electron chi connectivity index (χ2n) is 4.71. The molecule has 3 N–H and O–H groups in total. The van der Waals surface area contributed by atoms with Gasteiger partial charge in [-0.25, -0.2) is 0 Å². The summed E-state index contributed by atoms with van der Waals surface area (Å²) in [5.74, 6) is 0.839. The van der Waals surface area contributed by atoms with Gasteiger partial charge in [-0.15, -0.1) is 0 Å². The SMILES string of the molecule is CC1CCC1NCC1(N)CCOC1. The minimum absolute atomic E-state index is 0.0880. The van der Waals surface area contributed by atoms with Crippen molar-refractivity contribution in [2.24, 2.45) is 11.7 Å². The van der Waals surface area contributed by atoms with Gasteiger partial charge in [-0.2, -0.15) is 0 Å². The molecule has 3 unspecified atom stereocenters. The van der Waals surface area contributed by atoms with Crippen LogP contribution >= 0.6 is 0 Å². The van der Waals surface area contributed by atoms with Crippen molar-refractivity contribution in [3.05, 3.63) is 0 Å². The summed E-state index contributed by atoms with van der Waals surface area (Å²) in [6.45, 7) is 4.77. The van der Waals surface area contributed by atoms with Crippen LogP contribution in [0.3, 0.4) is 0 Å². The lowest BCUT2D eigenvalue weighted by Crippen LogP contribution is -2.54. The Morgan fingerprint density at radius 1 is 1.54 bits per heavy atom. The molecule has 3 atom stereocenters. The van der Waals surface area contributed by atoms with Crippen molar-refractivity contribution in [3.8, 4) is 0 Å². The summed E-state index contributed by atoms with van der Waals surface area (Å²) in [6, 6.07) is 0.709. The first-order valence-corrected chi connectivity index (χ1v) is 5.30. The smallest absolute Gasteiger partial charge is 0.0659 e. The number of rotatable bonds is 3. The average Bonchev–Trinajstić information content (AvgIpc) is 2.50. The number of nitrogens with one attached hydrogen (secondary N) is 1. The molecule has 1 aliphatic carbocycles. The van der Waals surface area contributed by atoms with E-state index >= 15 is 0 Å². The van der Waals surface area contributed by atoms with Crippen LogP contribution in [0, 0.1) is 5.92 Å². The predicted octanol–water partition coefficient (Wildman–Crippen LogP) is 0.492. The maximum Gasteiger partial charge on any atom is 0.0659 e. The summed E-state index contributed by atoms with van der Waals surface area (Å²) in [4.78, 5) is 0. The summed E-state index contributed by atoms with van der Waals surface area (Å²) < 4.78 is 5.31. The molecule has 1 saturated heterocycles. The molecule has 0 aromatic heterocycles. The van der Waals surface area contributed by atoms with Crippen molar-refractivity contribution in [1.82, 2.24) is 5.32 Å². The van der Waals surface area contributed by atoms with Gasteiger partial charge in [0.25, 0.3) is 0 Å². The number of hydrogen-bond donors (Lipinski definition) is 2. The molecule has 1 saturated carbocycles. The van der Waals surface area contributed by atoms with Crippen molar-refractivity contribution in [1.29, 1.82) is 0 Å². The van der Waals surface area contributed by atoms with Crippen LogP contribution in [0.2, 0.25) is 0 Å². The molecule has 1 heterocycles. The zero-order valence-electron chi connectivity index (χ0n) is 8.38. The molecule has 0 radical (unpaired) electrons. The van der Waals surface area contributed by atoms with E-state index in [1.54, 1.807) is 0 Å². The summed E-state index contributed by atoms with van der Waals surface area (Å²) in [5.41, 5.74) is 6.06. The lowest BCUT2D eigenvalue weighted by atomic mass is 9.80. The maximum absolute atomic E-state index is 6.14.